The van der Waals surface area contributed by atoms with Gasteiger partial charge in [-0.3, -0.25) is 4.79 Å². The van der Waals surface area contributed by atoms with Crippen molar-refractivity contribution in [3.63, 3.8) is 0 Å². The van der Waals surface area contributed by atoms with E-state index in [1.807, 2.05) is 18.2 Å². The summed E-state index contributed by atoms with van der Waals surface area (Å²) in [7, 11) is 0. The fourth-order valence-electron chi connectivity index (χ4n) is 3.86. The van der Waals surface area contributed by atoms with E-state index in [1.165, 1.54) is 24.8 Å². The van der Waals surface area contributed by atoms with Gasteiger partial charge in [0.25, 0.3) is 0 Å². The van der Waals surface area contributed by atoms with Crippen molar-refractivity contribution in [1.29, 1.82) is 0 Å². The van der Waals surface area contributed by atoms with Crippen LogP contribution in [0.3, 0.4) is 0 Å². The number of fused-ring (bicyclic) bond motifs is 2. The van der Waals surface area contributed by atoms with E-state index in [9.17, 15) is 4.79 Å². The smallest absolute Gasteiger partial charge is 0.167 e. The number of rotatable bonds is 3. The highest BCUT2D eigenvalue weighted by Crippen LogP contribution is 2.48. The van der Waals surface area contributed by atoms with Gasteiger partial charge < -0.3 is 5.73 Å². The Morgan fingerprint density at radius 1 is 1.33 bits per heavy atom. The summed E-state index contributed by atoms with van der Waals surface area (Å²) in [6, 6.07) is 8.16. The van der Waals surface area contributed by atoms with Gasteiger partial charge in [0.1, 0.15) is 0 Å². The second kappa shape index (κ2) is 4.51. The molecule has 0 aromatic heterocycles. The lowest BCUT2D eigenvalue weighted by Gasteiger charge is -2.27. The van der Waals surface area contributed by atoms with Crippen molar-refractivity contribution >= 4 is 5.78 Å². The fraction of sp³-hybridized carbons (Fsp3) is 0.562. The number of carbonyl (C=O) groups is 1. The third kappa shape index (κ3) is 1.79. The van der Waals surface area contributed by atoms with E-state index < -0.39 is 0 Å². The SMILES string of the molecule is CCc1cccc(C(=O)C2C3CCC(C3)C2N)c1. The largest absolute Gasteiger partial charge is 0.327 e. The molecule has 1 aromatic rings. The van der Waals surface area contributed by atoms with Crippen LogP contribution in [0.4, 0.5) is 0 Å². The second-order valence-corrected chi connectivity index (χ2v) is 5.85. The highest BCUT2D eigenvalue weighted by atomic mass is 16.1. The van der Waals surface area contributed by atoms with Crippen LogP contribution in [-0.2, 0) is 6.42 Å². The Labute approximate surface area is 109 Å². The molecule has 0 spiro atoms. The normalized spacial score (nSPS) is 33.9. The standard InChI is InChI=1S/C16H21NO/c1-2-10-4-3-5-13(8-10)16(18)14-11-6-7-12(9-11)15(14)17/h3-5,8,11-12,14-15H,2,6-7,9,17H2,1H3. The van der Waals surface area contributed by atoms with Crippen LogP contribution in [0.2, 0.25) is 0 Å². The summed E-state index contributed by atoms with van der Waals surface area (Å²) >= 11 is 0. The molecule has 2 N–H and O–H groups in total. The molecule has 3 rings (SSSR count). The molecule has 1 aromatic carbocycles. The Bertz CT molecular complexity index is 466. The van der Waals surface area contributed by atoms with Gasteiger partial charge in [0, 0.05) is 17.5 Å². The number of hydrogen-bond acceptors (Lipinski definition) is 2. The molecule has 2 bridgehead atoms. The quantitative estimate of drug-likeness (QED) is 0.830. The topological polar surface area (TPSA) is 43.1 Å². The summed E-state index contributed by atoms with van der Waals surface area (Å²) < 4.78 is 0. The maximum Gasteiger partial charge on any atom is 0.167 e. The number of Topliss-reactive ketones (excluding diaryl/α,β-unsaturated/α-hetero) is 1. The van der Waals surface area contributed by atoms with Gasteiger partial charge in [-0.15, -0.1) is 0 Å². The first-order chi connectivity index (χ1) is 8.70. The van der Waals surface area contributed by atoms with E-state index in [0.29, 0.717) is 11.8 Å². The summed E-state index contributed by atoms with van der Waals surface area (Å²) in [5, 5.41) is 0. The summed E-state index contributed by atoms with van der Waals surface area (Å²) in [6.45, 7) is 2.12. The molecule has 18 heavy (non-hydrogen) atoms. The molecule has 2 fully saturated rings. The lowest BCUT2D eigenvalue weighted by molar-refractivity contribution is 0.0856. The minimum Gasteiger partial charge on any atom is -0.327 e. The highest BCUT2D eigenvalue weighted by molar-refractivity contribution is 5.99. The van der Waals surface area contributed by atoms with Gasteiger partial charge in [0.15, 0.2) is 5.78 Å². The number of carbonyl (C=O) groups excluding carboxylic acids is 1. The fourth-order valence-corrected chi connectivity index (χ4v) is 3.86. The molecule has 2 heteroatoms. The molecule has 0 amide bonds. The molecule has 0 heterocycles. The Morgan fingerprint density at radius 3 is 2.78 bits per heavy atom. The van der Waals surface area contributed by atoms with E-state index in [-0.39, 0.29) is 17.7 Å². The summed E-state index contributed by atoms with van der Waals surface area (Å²) in [5.74, 6) is 1.50. The minimum absolute atomic E-state index is 0.0795. The van der Waals surface area contributed by atoms with Gasteiger partial charge in [-0.25, -0.2) is 0 Å². The van der Waals surface area contributed by atoms with Gasteiger partial charge in [-0.05, 0) is 49.1 Å². The number of benzene rings is 1. The average molecular weight is 243 g/mol. The zero-order chi connectivity index (χ0) is 12.7. The summed E-state index contributed by atoms with van der Waals surface area (Å²) in [5.41, 5.74) is 8.35. The van der Waals surface area contributed by atoms with Crippen LogP contribution >= 0.6 is 0 Å². The van der Waals surface area contributed by atoms with Crippen LogP contribution in [0.1, 0.15) is 42.1 Å². The monoisotopic (exact) mass is 243 g/mol. The molecule has 2 nitrogen and oxygen atoms in total. The summed E-state index contributed by atoms with van der Waals surface area (Å²) in [6.07, 6.45) is 4.57. The zero-order valence-corrected chi connectivity index (χ0v) is 10.9. The molecule has 2 aliphatic rings. The molecule has 4 atom stereocenters. The van der Waals surface area contributed by atoms with Crippen LogP contribution in [0.25, 0.3) is 0 Å². The summed E-state index contributed by atoms with van der Waals surface area (Å²) in [4.78, 5) is 12.6. The van der Waals surface area contributed by atoms with Gasteiger partial charge >= 0.3 is 0 Å². The van der Waals surface area contributed by atoms with Gasteiger partial charge in [0.2, 0.25) is 0 Å². The van der Waals surface area contributed by atoms with Crippen molar-refractivity contribution in [3.8, 4) is 0 Å². The van der Waals surface area contributed by atoms with Crippen LogP contribution < -0.4 is 5.73 Å². The van der Waals surface area contributed by atoms with Gasteiger partial charge in [-0.1, -0.05) is 25.1 Å². The van der Waals surface area contributed by atoms with Crippen molar-refractivity contribution in [3.05, 3.63) is 35.4 Å². The number of nitrogens with two attached hydrogens (primary N) is 1. The van der Waals surface area contributed by atoms with Crippen LogP contribution in [0.5, 0.6) is 0 Å². The molecule has 4 unspecified atom stereocenters. The molecular formula is C16H21NO. The Morgan fingerprint density at radius 2 is 2.11 bits per heavy atom. The van der Waals surface area contributed by atoms with E-state index in [2.05, 4.69) is 13.0 Å². The minimum atomic E-state index is 0.0795. The molecule has 0 saturated heterocycles. The maximum atomic E-state index is 12.6. The van der Waals surface area contributed by atoms with Crippen LogP contribution in [-0.4, -0.2) is 11.8 Å². The molecule has 96 valence electrons. The predicted molar refractivity (Wildman–Crippen MR) is 72.4 cm³/mol. The zero-order valence-electron chi connectivity index (χ0n) is 10.9. The van der Waals surface area contributed by atoms with E-state index in [1.54, 1.807) is 0 Å². The first-order valence-corrected chi connectivity index (χ1v) is 7.09. The van der Waals surface area contributed by atoms with Crippen LogP contribution in [0.15, 0.2) is 24.3 Å². The molecule has 2 aliphatic carbocycles. The van der Waals surface area contributed by atoms with E-state index in [0.717, 1.165) is 12.0 Å². The first-order valence-electron chi connectivity index (χ1n) is 7.09. The highest BCUT2D eigenvalue weighted by Gasteiger charge is 2.48. The van der Waals surface area contributed by atoms with Crippen molar-refractivity contribution < 1.29 is 4.79 Å². The number of hydrogen-bond donors (Lipinski definition) is 1. The number of aryl methyl sites for hydroxylation is 1. The van der Waals surface area contributed by atoms with E-state index >= 15 is 0 Å². The third-order valence-electron chi connectivity index (χ3n) is 4.90. The van der Waals surface area contributed by atoms with Gasteiger partial charge in [0.05, 0.1) is 0 Å². The van der Waals surface area contributed by atoms with Crippen LogP contribution in [0, 0.1) is 17.8 Å². The molecule has 0 aliphatic heterocycles. The lowest BCUT2D eigenvalue weighted by Crippen LogP contribution is -2.40. The lowest BCUT2D eigenvalue weighted by atomic mass is 9.80. The second-order valence-electron chi connectivity index (χ2n) is 5.85. The Balaban J connectivity index is 1.86. The number of ketones is 1. The van der Waals surface area contributed by atoms with Crippen molar-refractivity contribution in [1.82, 2.24) is 0 Å². The third-order valence-corrected chi connectivity index (χ3v) is 4.90. The Kier molecular flexibility index (Phi) is 2.98. The Hall–Kier alpha value is -1.15. The van der Waals surface area contributed by atoms with Crippen molar-refractivity contribution in [2.45, 2.75) is 38.6 Å². The predicted octanol–water partition coefficient (Wildman–Crippen LogP) is 2.81. The maximum absolute atomic E-state index is 12.6. The molecular weight excluding hydrogens is 222 g/mol. The van der Waals surface area contributed by atoms with Gasteiger partial charge in [-0.2, -0.15) is 0 Å². The van der Waals surface area contributed by atoms with E-state index in [4.69, 9.17) is 5.73 Å². The molecule has 0 radical (unpaired) electrons. The first kappa shape index (κ1) is 11.9. The van der Waals surface area contributed by atoms with Crippen molar-refractivity contribution in [2.24, 2.45) is 23.5 Å². The average Bonchev–Trinajstić information content (AvgIpc) is 2.99. The molecule has 2 saturated carbocycles. The van der Waals surface area contributed by atoms with Crippen molar-refractivity contribution in [2.75, 3.05) is 0 Å².